The van der Waals surface area contributed by atoms with E-state index in [1.165, 1.54) is 0 Å². The molecule has 126 valence electrons. The lowest BCUT2D eigenvalue weighted by Crippen LogP contribution is -2.55. The Bertz CT molecular complexity index is 617. The molecule has 0 aromatic heterocycles. The van der Waals surface area contributed by atoms with Crippen LogP contribution in [-0.4, -0.2) is 67.4 Å². The summed E-state index contributed by atoms with van der Waals surface area (Å²) in [6.45, 7) is -0.678. The van der Waals surface area contributed by atoms with Gasteiger partial charge in [0.1, 0.15) is 30.5 Å². The Kier molecular flexibility index (Phi) is 4.92. The molecule has 5 N–H and O–H groups in total. The Hall–Kier alpha value is -2.11. The molecule has 10 nitrogen and oxygen atoms in total. The van der Waals surface area contributed by atoms with E-state index in [1.54, 1.807) is 0 Å². The van der Waals surface area contributed by atoms with Crippen LogP contribution in [0.5, 0.6) is 0 Å². The predicted molar refractivity (Wildman–Crippen MR) is 72.8 cm³/mol. The van der Waals surface area contributed by atoms with Crippen molar-refractivity contribution in [1.29, 1.82) is 0 Å². The highest BCUT2D eigenvalue weighted by atomic mass is 16.6. The van der Waals surface area contributed by atoms with Crippen molar-refractivity contribution in [3.05, 3.63) is 39.4 Å². The standard InChI is InChI=1S/C13H15NO9/c15-4-8-9(16)10(17)11(18)12(23-8)6-2-1-5(13(19)20)3-7(6)14(21)22/h1-3,8-12,15-18H,4H2,(H,19,20)/t8-,9+,10+,11-,12+/m1/s1. The van der Waals surface area contributed by atoms with Gasteiger partial charge in [-0.3, -0.25) is 10.1 Å². The number of hydrogen-bond donors (Lipinski definition) is 5. The zero-order valence-corrected chi connectivity index (χ0v) is 11.6. The number of carboxylic acid groups (broad SMARTS) is 1. The fourth-order valence-corrected chi connectivity index (χ4v) is 2.43. The lowest BCUT2D eigenvalue weighted by molar-refractivity contribution is -0.387. The van der Waals surface area contributed by atoms with Crippen LogP contribution < -0.4 is 0 Å². The zero-order valence-electron chi connectivity index (χ0n) is 11.6. The summed E-state index contributed by atoms with van der Waals surface area (Å²) in [6, 6.07) is 2.99. The number of aromatic carboxylic acids is 1. The Morgan fingerprint density at radius 1 is 1.22 bits per heavy atom. The van der Waals surface area contributed by atoms with Crippen molar-refractivity contribution in [3.8, 4) is 0 Å². The molecule has 0 unspecified atom stereocenters. The van der Waals surface area contributed by atoms with Crippen molar-refractivity contribution >= 4 is 11.7 Å². The first-order valence-electron chi connectivity index (χ1n) is 6.60. The van der Waals surface area contributed by atoms with Gasteiger partial charge >= 0.3 is 5.97 Å². The van der Waals surface area contributed by atoms with Gasteiger partial charge in [-0.1, -0.05) is 0 Å². The topological polar surface area (TPSA) is 171 Å². The smallest absolute Gasteiger partial charge is 0.335 e. The van der Waals surface area contributed by atoms with Gasteiger partial charge in [-0.05, 0) is 12.1 Å². The number of nitro groups is 1. The molecule has 1 fully saturated rings. The van der Waals surface area contributed by atoms with Gasteiger partial charge in [0.2, 0.25) is 0 Å². The lowest BCUT2D eigenvalue weighted by atomic mass is 9.90. The van der Waals surface area contributed by atoms with Crippen LogP contribution in [0, 0.1) is 10.1 Å². The van der Waals surface area contributed by atoms with Crippen molar-refractivity contribution in [2.24, 2.45) is 0 Å². The quantitative estimate of drug-likeness (QED) is 0.336. The van der Waals surface area contributed by atoms with Crippen LogP contribution in [0.2, 0.25) is 0 Å². The van der Waals surface area contributed by atoms with E-state index in [1.807, 2.05) is 0 Å². The fourth-order valence-electron chi connectivity index (χ4n) is 2.43. The van der Waals surface area contributed by atoms with Gasteiger partial charge in [-0.25, -0.2) is 4.79 Å². The van der Waals surface area contributed by atoms with E-state index in [4.69, 9.17) is 14.9 Å². The molecule has 10 heteroatoms. The lowest BCUT2D eigenvalue weighted by Gasteiger charge is -2.40. The Labute approximate surface area is 129 Å². The number of ether oxygens (including phenoxy) is 1. The second kappa shape index (κ2) is 6.56. The molecule has 1 aromatic rings. The van der Waals surface area contributed by atoms with Crippen LogP contribution in [0.4, 0.5) is 5.69 Å². The molecule has 1 aliphatic heterocycles. The SMILES string of the molecule is O=C(O)c1ccc([C@@H]2O[C@H](CO)[C@H](O)[C@H](O)[C@H]2O)c([N+](=O)[O-])c1. The highest BCUT2D eigenvalue weighted by Crippen LogP contribution is 2.37. The van der Waals surface area contributed by atoms with Crippen molar-refractivity contribution in [3.63, 3.8) is 0 Å². The Balaban J connectivity index is 2.47. The van der Waals surface area contributed by atoms with Gasteiger partial charge < -0.3 is 30.3 Å². The summed E-state index contributed by atoms with van der Waals surface area (Å²) < 4.78 is 5.25. The zero-order chi connectivity index (χ0) is 17.3. The van der Waals surface area contributed by atoms with Crippen LogP contribution in [0.15, 0.2) is 18.2 Å². The number of carbonyl (C=O) groups is 1. The van der Waals surface area contributed by atoms with Gasteiger partial charge in [0.05, 0.1) is 22.7 Å². The first kappa shape index (κ1) is 17.2. The maximum Gasteiger partial charge on any atom is 0.335 e. The minimum absolute atomic E-state index is 0.170. The second-order valence-corrected chi connectivity index (χ2v) is 5.09. The third kappa shape index (κ3) is 3.16. The molecule has 1 saturated heterocycles. The summed E-state index contributed by atoms with van der Waals surface area (Å²) in [5.41, 5.74) is -1.11. The van der Waals surface area contributed by atoms with Gasteiger partial charge in [0.15, 0.2) is 0 Å². The van der Waals surface area contributed by atoms with E-state index < -0.39 is 53.7 Å². The molecule has 23 heavy (non-hydrogen) atoms. The van der Waals surface area contributed by atoms with E-state index >= 15 is 0 Å². The maximum absolute atomic E-state index is 11.2. The molecule has 1 aromatic carbocycles. The van der Waals surface area contributed by atoms with Crippen molar-refractivity contribution in [1.82, 2.24) is 0 Å². The molecular formula is C13H15NO9. The second-order valence-electron chi connectivity index (χ2n) is 5.09. The van der Waals surface area contributed by atoms with Gasteiger partial charge in [-0.15, -0.1) is 0 Å². The maximum atomic E-state index is 11.2. The number of carboxylic acids is 1. The minimum Gasteiger partial charge on any atom is -0.478 e. The molecule has 0 spiro atoms. The molecular weight excluding hydrogens is 314 g/mol. The molecule has 0 saturated carbocycles. The van der Waals surface area contributed by atoms with Crippen LogP contribution in [-0.2, 0) is 4.74 Å². The van der Waals surface area contributed by atoms with Gasteiger partial charge in [0, 0.05) is 6.07 Å². The largest absolute Gasteiger partial charge is 0.478 e. The molecule has 1 aliphatic rings. The highest BCUT2D eigenvalue weighted by molar-refractivity contribution is 5.88. The number of benzene rings is 1. The summed E-state index contributed by atoms with van der Waals surface area (Å²) >= 11 is 0. The number of nitrogens with zero attached hydrogens (tertiary/aromatic N) is 1. The fraction of sp³-hybridized carbons (Fsp3) is 0.462. The number of rotatable bonds is 4. The number of aliphatic hydroxyl groups is 4. The summed E-state index contributed by atoms with van der Waals surface area (Å²) in [5, 5.41) is 58.6. The molecule has 1 heterocycles. The van der Waals surface area contributed by atoms with E-state index in [0.717, 1.165) is 18.2 Å². The molecule has 0 bridgehead atoms. The third-order valence-electron chi connectivity index (χ3n) is 3.67. The average molecular weight is 329 g/mol. The highest BCUT2D eigenvalue weighted by Gasteiger charge is 2.45. The first-order chi connectivity index (χ1) is 10.8. The number of hydrogen-bond acceptors (Lipinski definition) is 8. The van der Waals surface area contributed by atoms with E-state index in [0.29, 0.717) is 0 Å². The van der Waals surface area contributed by atoms with Gasteiger partial charge in [0.25, 0.3) is 5.69 Å². The predicted octanol–water partition coefficient (Wildman–Crippen LogP) is -1.19. The Morgan fingerprint density at radius 2 is 1.87 bits per heavy atom. The van der Waals surface area contributed by atoms with E-state index in [9.17, 15) is 30.2 Å². The molecule has 5 atom stereocenters. The third-order valence-corrected chi connectivity index (χ3v) is 3.67. The summed E-state index contributed by atoms with van der Waals surface area (Å²) in [7, 11) is 0. The number of nitro benzene ring substituents is 1. The van der Waals surface area contributed by atoms with Gasteiger partial charge in [-0.2, -0.15) is 0 Å². The normalized spacial score (nSPS) is 30.9. The van der Waals surface area contributed by atoms with Crippen molar-refractivity contribution < 1.29 is 40.0 Å². The summed E-state index contributed by atoms with van der Waals surface area (Å²) in [5.74, 6) is -1.37. The average Bonchev–Trinajstić information content (AvgIpc) is 2.52. The summed E-state index contributed by atoms with van der Waals surface area (Å²) in [4.78, 5) is 21.2. The first-order valence-corrected chi connectivity index (χ1v) is 6.60. The van der Waals surface area contributed by atoms with E-state index in [-0.39, 0.29) is 11.1 Å². The van der Waals surface area contributed by atoms with Crippen LogP contribution in [0.1, 0.15) is 22.0 Å². The van der Waals surface area contributed by atoms with Crippen molar-refractivity contribution in [2.75, 3.05) is 6.61 Å². The van der Waals surface area contributed by atoms with Crippen molar-refractivity contribution in [2.45, 2.75) is 30.5 Å². The van der Waals surface area contributed by atoms with Crippen LogP contribution in [0.25, 0.3) is 0 Å². The minimum atomic E-state index is -1.69. The van der Waals surface area contributed by atoms with Crippen LogP contribution in [0.3, 0.4) is 0 Å². The molecule has 0 radical (unpaired) electrons. The molecule has 2 rings (SSSR count). The molecule has 0 amide bonds. The molecule has 0 aliphatic carbocycles. The number of aliphatic hydroxyl groups excluding tert-OH is 4. The monoisotopic (exact) mass is 329 g/mol. The van der Waals surface area contributed by atoms with E-state index in [2.05, 4.69) is 0 Å². The van der Waals surface area contributed by atoms with Crippen LogP contribution >= 0.6 is 0 Å². The Morgan fingerprint density at radius 3 is 2.39 bits per heavy atom. The summed E-state index contributed by atoms with van der Waals surface area (Å²) in [6.07, 6.45) is -7.61.